The number of carboxylic acids is 1. The van der Waals surface area contributed by atoms with Gasteiger partial charge in [-0.3, -0.25) is 24.0 Å². The van der Waals surface area contributed by atoms with Crippen molar-refractivity contribution >= 4 is 40.9 Å². The van der Waals surface area contributed by atoms with Crippen LogP contribution in [0.1, 0.15) is 29.4 Å². The predicted molar refractivity (Wildman–Crippen MR) is 174 cm³/mol. The van der Waals surface area contributed by atoms with Gasteiger partial charge in [-0.1, -0.05) is 25.1 Å². The molecule has 0 aliphatic rings. The van der Waals surface area contributed by atoms with Gasteiger partial charge in [0.15, 0.2) is 11.6 Å². The molecular weight excluding hydrogens is 617 g/mol. The molecule has 1 unspecified atom stereocenters. The molecule has 2 heterocycles. The number of rotatable bonds is 11. The number of nitrogens with two attached hydrogens (primary N) is 1. The Bertz CT molecular complexity index is 1940. The van der Waals surface area contributed by atoms with Gasteiger partial charge in [0.25, 0.3) is 11.5 Å². The minimum absolute atomic E-state index is 0. The van der Waals surface area contributed by atoms with Crippen LogP contribution >= 0.6 is 12.4 Å². The molecule has 4 N–H and O–H groups in total. The number of carbonyl (C=O) groups is 2. The van der Waals surface area contributed by atoms with E-state index in [-0.39, 0.29) is 48.3 Å². The van der Waals surface area contributed by atoms with Gasteiger partial charge in [0.05, 0.1) is 24.0 Å². The summed E-state index contributed by atoms with van der Waals surface area (Å²) in [6.07, 6.45) is 1.70. The van der Waals surface area contributed by atoms with Crippen molar-refractivity contribution in [3.63, 3.8) is 0 Å². The van der Waals surface area contributed by atoms with Gasteiger partial charge in [0.1, 0.15) is 23.1 Å². The first-order valence-electron chi connectivity index (χ1n) is 14.1. The number of carboxylic acid groups (broad SMARTS) is 1. The molecule has 13 heteroatoms. The number of benzene rings is 3. The lowest BCUT2D eigenvalue weighted by Crippen LogP contribution is -2.33. The van der Waals surface area contributed by atoms with Gasteiger partial charge >= 0.3 is 5.97 Å². The van der Waals surface area contributed by atoms with Gasteiger partial charge in [-0.05, 0) is 61.7 Å². The second-order valence-electron chi connectivity index (χ2n) is 10.7. The molecule has 5 aromatic rings. The van der Waals surface area contributed by atoms with Crippen LogP contribution in [0.4, 0.5) is 10.1 Å². The fraction of sp³-hybridized carbons (Fsp3) is 0.212. The van der Waals surface area contributed by atoms with E-state index in [0.29, 0.717) is 33.8 Å². The van der Waals surface area contributed by atoms with E-state index in [1.807, 2.05) is 6.92 Å². The number of aliphatic carboxylic acids is 1. The molecule has 0 saturated heterocycles. The Morgan fingerprint density at radius 3 is 2.48 bits per heavy atom. The summed E-state index contributed by atoms with van der Waals surface area (Å²) in [4.78, 5) is 42.8. The summed E-state index contributed by atoms with van der Waals surface area (Å²) in [5, 5.41) is 12.5. The normalized spacial score (nSPS) is 12.2. The van der Waals surface area contributed by atoms with E-state index in [2.05, 4.69) is 10.3 Å². The van der Waals surface area contributed by atoms with Crippen LogP contribution in [0.15, 0.2) is 83.8 Å². The third-order valence-electron chi connectivity index (χ3n) is 7.40. The highest BCUT2D eigenvalue weighted by Gasteiger charge is 2.26. The zero-order valence-corrected chi connectivity index (χ0v) is 26.1. The molecule has 0 aliphatic carbocycles. The first kappa shape index (κ1) is 33.7. The number of halogens is 2. The molecule has 0 bridgehead atoms. The number of carbonyl (C=O) groups excluding carboxylic acids is 1. The van der Waals surface area contributed by atoms with Crippen LogP contribution in [0.25, 0.3) is 16.6 Å². The quantitative estimate of drug-likeness (QED) is 0.169. The van der Waals surface area contributed by atoms with Crippen molar-refractivity contribution in [3.8, 4) is 22.9 Å². The molecule has 3 aromatic carbocycles. The van der Waals surface area contributed by atoms with E-state index < -0.39 is 29.3 Å². The van der Waals surface area contributed by atoms with Crippen LogP contribution < -0.4 is 26.1 Å². The van der Waals surface area contributed by atoms with E-state index >= 15 is 4.39 Å². The van der Waals surface area contributed by atoms with E-state index in [1.54, 1.807) is 79.5 Å². The lowest BCUT2D eigenvalue weighted by atomic mass is 10.0. The van der Waals surface area contributed by atoms with Crippen molar-refractivity contribution in [2.75, 3.05) is 12.4 Å². The predicted octanol–water partition coefficient (Wildman–Crippen LogP) is 5.55. The topological polar surface area (TPSA) is 151 Å². The number of ether oxygens (including phenoxy) is 2. The van der Waals surface area contributed by atoms with E-state index in [9.17, 15) is 19.5 Å². The highest BCUT2D eigenvalue weighted by molar-refractivity contribution is 6.05. The van der Waals surface area contributed by atoms with Crippen LogP contribution in [0.3, 0.4) is 0 Å². The number of aromatic nitrogens is 3. The van der Waals surface area contributed by atoms with Gasteiger partial charge in [-0.2, -0.15) is 0 Å². The standard InChI is InChI=1S/C33H32FN5O6.ClH/c1-19(15-26(35)33(42)43)18-38-20(2)30(32(41)39(38)22-7-5-4-6-8-22)31(40)37-21-9-12-29(25(34)16-21)45-28-13-14-36-27-17-23(44-3)10-11-24(27)28;/h4-14,16-17,19,26H,15,18,35H2,1-3H3,(H,37,40)(H,42,43);1H/t19-,26?;/m0./s1. The average molecular weight is 650 g/mol. The molecule has 0 aliphatic heterocycles. The molecule has 240 valence electrons. The van der Waals surface area contributed by atoms with Crippen molar-refractivity contribution < 1.29 is 28.6 Å². The minimum atomic E-state index is -1.12. The Labute approximate surface area is 269 Å². The lowest BCUT2D eigenvalue weighted by molar-refractivity contribution is -0.138. The van der Waals surface area contributed by atoms with Crippen LogP contribution in [-0.2, 0) is 11.3 Å². The molecule has 5 rings (SSSR count). The molecular formula is C33H33ClFN5O6. The summed E-state index contributed by atoms with van der Waals surface area (Å²) < 4.78 is 29.3. The third-order valence-corrected chi connectivity index (χ3v) is 7.40. The number of hydrogen-bond donors (Lipinski definition) is 3. The van der Waals surface area contributed by atoms with Crippen LogP contribution in [0.2, 0.25) is 0 Å². The van der Waals surface area contributed by atoms with E-state index in [0.717, 1.165) is 6.07 Å². The van der Waals surface area contributed by atoms with Crippen molar-refractivity contribution in [2.45, 2.75) is 32.9 Å². The average Bonchev–Trinajstić information content (AvgIpc) is 3.26. The Kier molecular flexibility index (Phi) is 10.5. The number of methoxy groups -OCH3 is 1. The molecule has 0 spiro atoms. The van der Waals surface area contributed by atoms with Crippen LogP contribution in [0, 0.1) is 18.7 Å². The number of fused-ring (bicyclic) bond motifs is 1. The highest BCUT2D eigenvalue weighted by atomic mass is 35.5. The highest BCUT2D eigenvalue weighted by Crippen LogP contribution is 2.33. The third kappa shape index (κ3) is 7.03. The van der Waals surface area contributed by atoms with Gasteiger partial charge in [-0.15, -0.1) is 12.4 Å². The Morgan fingerprint density at radius 2 is 1.80 bits per heavy atom. The summed E-state index contributed by atoms with van der Waals surface area (Å²) in [6.45, 7) is 3.67. The second kappa shape index (κ2) is 14.3. The first-order valence-corrected chi connectivity index (χ1v) is 14.1. The summed E-state index contributed by atoms with van der Waals surface area (Å²) in [5.41, 5.74) is 6.64. The fourth-order valence-electron chi connectivity index (χ4n) is 5.15. The maximum atomic E-state index is 15.2. The van der Waals surface area contributed by atoms with Gasteiger partial charge in [0, 0.05) is 35.9 Å². The number of amides is 1. The first-order chi connectivity index (χ1) is 21.6. The van der Waals surface area contributed by atoms with Crippen molar-refractivity contribution in [3.05, 3.63) is 106 Å². The zero-order chi connectivity index (χ0) is 32.2. The molecule has 0 fully saturated rings. The van der Waals surface area contributed by atoms with Crippen molar-refractivity contribution in [1.82, 2.24) is 14.3 Å². The number of para-hydroxylation sites is 1. The Morgan fingerprint density at radius 1 is 1.07 bits per heavy atom. The molecule has 1 amide bonds. The summed E-state index contributed by atoms with van der Waals surface area (Å²) in [5.74, 6) is -1.88. The molecule has 11 nitrogen and oxygen atoms in total. The van der Waals surface area contributed by atoms with Gasteiger partial charge < -0.3 is 25.6 Å². The second-order valence-corrected chi connectivity index (χ2v) is 10.7. The minimum Gasteiger partial charge on any atom is -0.497 e. The van der Waals surface area contributed by atoms with Crippen LogP contribution in [0.5, 0.6) is 17.2 Å². The summed E-state index contributed by atoms with van der Waals surface area (Å²) in [6, 6.07) is 18.5. The summed E-state index contributed by atoms with van der Waals surface area (Å²) in [7, 11) is 1.55. The number of hydrogen-bond acceptors (Lipinski definition) is 7. The van der Waals surface area contributed by atoms with Crippen molar-refractivity contribution in [1.29, 1.82) is 0 Å². The molecule has 0 saturated carbocycles. The Hall–Kier alpha value is -5.20. The van der Waals surface area contributed by atoms with Gasteiger partial charge in [-0.25, -0.2) is 9.07 Å². The monoisotopic (exact) mass is 649 g/mol. The number of pyridine rings is 1. The molecule has 2 aromatic heterocycles. The fourth-order valence-corrected chi connectivity index (χ4v) is 5.15. The lowest BCUT2D eigenvalue weighted by Gasteiger charge is -2.19. The maximum Gasteiger partial charge on any atom is 0.320 e. The number of anilines is 1. The number of nitrogens with zero attached hydrogens (tertiary/aromatic N) is 3. The van der Waals surface area contributed by atoms with Gasteiger partial charge in [0.2, 0.25) is 0 Å². The Balaban J connectivity index is 0.00000480. The zero-order valence-electron chi connectivity index (χ0n) is 25.3. The van der Waals surface area contributed by atoms with E-state index in [4.69, 9.17) is 15.2 Å². The molecule has 2 atom stereocenters. The van der Waals surface area contributed by atoms with Crippen LogP contribution in [-0.4, -0.2) is 44.5 Å². The SMILES string of the molecule is COc1ccc2c(Oc3ccc(NC(=O)c4c(C)n(C[C@@H](C)CC(N)C(=O)O)n(-c5ccccc5)c4=O)cc3F)ccnc2c1.Cl. The van der Waals surface area contributed by atoms with E-state index in [1.165, 1.54) is 16.8 Å². The number of nitrogens with one attached hydrogen (secondary N) is 1. The smallest absolute Gasteiger partial charge is 0.320 e. The molecule has 46 heavy (non-hydrogen) atoms. The van der Waals surface area contributed by atoms with Crippen molar-refractivity contribution in [2.24, 2.45) is 11.7 Å². The molecule has 0 radical (unpaired) electrons. The summed E-state index contributed by atoms with van der Waals surface area (Å²) >= 11 is 0. The largest absolute Gasteiger partial charge is 0.497 e. The maximum absolute atomic E-state index is 15.2.